The molecule has 0 bridgehead atoms. The van der Waals surface area contributed by atoms with Crippen LogP contribution in [0, 0.1) is 18.6 Å². The highest BCUT2D eigenvalue weighted by atomic mass is 19.4. The molecule has 3 heterocycles. The van der Waals surface area contributed by atoms with Gasteiger partial charge in [0.1, 0.15) is 17.3 Å². The van der Waals surface area contributed by atoms with E-state index in [1.165, 1.54) is 6.07 Å². The zero-order chi connectivity index (χ0) is 34.6. The summed E-state index contributed by atoms with van der Waals surface area (Å²) >= 11 is 0. The van der Waals surface area contributed by atoms with Crippen LogP contribution in [0.25, 0.3) is 11.3 Å². The summed E-state index contributed by atoms with van der Waals surface area (Å²) < 4.78 is 61.8. The third-order valence-electron chi connectivity index (χ3n) is 7.39. The molecule has 3 aromatic rings. The van der Waals surface area contributed by atoms with E-state index < -0.39 is 35.5 Å². The molecule has 5 rings (SSSR count). The van der Waals surface area contributed by atoms with Crippen LogP contribution in [0.5, 0.6) is 0 Å². The Labute approximate surface area is 267 Å². The van der Waals surface area contributed by atoms with Crippen molar-refractivity contribution in [2.24, 2.45) is 0 Å². The Morgan fingerprint density at radius 1 is 1.02 bits per heavy atom. The minimum absolute atomic E-state index is 0.0451. The van der Waals surface area contributed by atoms with Crippen LogP contribution in [0.4, 0.5) is 44.2 Å². The standard InChI is InChI=1S/C29H33F2N7O2.C2HF3O2/c1-17(2)33-27(39)19-10-9-18(3)20(15-19)24-21-16-32-29(40)38(25-22(30)7-5-8-23(25)31)26(21)35-28(34-24)37-12-6-11-36(4)13-14-37;3-2(4,5)1(6)7/h5,7-10,15,17H,6,11-14,16H2,1-4H3,(H,32,40)(H,33,39);(H,6,7). The van der Waals surface area contributed by atoms with Gasteiger partial charge in [0.05, 0.1) is 12.2 Å². The predicted molar refractivity (Wildman–Crippen MR) is 164 cm³/mol. The molecule has 2 aliphatic heterocycles. The van der Waals surface area contributed by atoms with Gasteiger partial charge >= 0.3 is 18.2 Å². The van der Waals surface area contributed by atoms with Gasteiger partial charge in [-0.2, -0.15) is 18.2 Å². The van der Waals surface area contributed by atoms with E-state index in [1.54, 1.807) is 12.1 Å². The average molecular weight is 664 g/mol. The number of nitrogens with one attached hydrogen (secondary N) is 2. The molecule has 0 unspecified atom stereocenters. The van der Waals surface area contributed by atoms with Crippen molar-refractivity contribution >= 4 is 35.4 Å². The van der Waals surface area contributed by atoms with Gasteiger partial charge in [0.2, 0.25) is 5.95 Å². The largest absolute Gasteiger partial charge is 0.490 e. The van der Waals surface area contributed by atoms with Crippen molar-refractivity contribution in [1.82, 2.24) is 25.5 Å². The lowest BCUT2D eigenvalue weighted by molar-refractivity contribution is -0.192. The van der Waals surface area contributed by atoms with Crippen molar-refractivity contribution in [2.75, 3.05) is 43.0 Å². The molecule has 1 fully saturated rings. The monoisotopic (exact) mass is 663 g/mol. The van der Waals surface area contributed by atoms with Gasteiger partial charge in [0.25, 0.3) is 5.91 Å². The number of halogens is 5. The Bertz CT molecular complexity index is 1650. The normalized spacial score (nSPS) is 15.3. The summed E-state index contributed by atoms with van der Waals surface area (Å²) in [4.78, 5) is 49.8. The lowest BCUT2D eigenvalue weighted by atomic mass is 9.97. The lowest BCUT2D eigenvalue weighted by Gasteiger charge is -2.32. The summed E-state index contributed by atoms with van der Waals surface area (Å²) in [7, 11) is 2.05. The van der Waals surface area contributed by atoms with Crippen molar-refractivity contribution in [3.05, 3.63) is 64.7 Å². The third-order valence-corrected chi connectivity index (χ3v) is 7.39. The summed E-state index contributed by atoms with van der Waals surface area (Å²) in [5.74, 6) is -4.28. The molecule has 0 spiro atoms. The number of carboxylic acid groups (broad SMARTS) is 1. The average Bonchev–Trinajstić information content (AvgIpc) is 3.21. The number of carboxylic acids is 1. The summed E-state index contributed by atoms with van der Waals surface area (Å²) in [6.07, 6.45) is -4.21. The molecule has 3 amide bonds. The number of nitrogens with zero attached hydrogens (tertiary/aromatic N) is 5. The Balaban J connectivity index is 0.000000644. The molecule has 11 nitrogen and oxygen atoms in total. The molecule has 0 saturated carbocycles. The first-order chi connectivity index (χ1) is 22.1. The van der Waals surface area contributed by atoms with Crippen LogP contribution in [-0.2, 0) is 11.3 Å². The number of aryl methyl sites for hydroxylation is 1. The SMILES string of the molecule is Cc1ccc(C(=O)NC(C)C)cc1-c1nc(N2CCCN(C)CC2)nc2c1CNC(=O)N2c1c(F)cccc1F.O=C(O)C(F)(F)F. The molecule has 2 aliphatic rings. The van der Waals surface area contributed by atoms with Crippen LogP contribution in [0.1, 0.15) is 41.8 Å². The van der Waals surface area contributed by atoms with E-state index in [2.05, 4.69) is 15.5 Å². The van der Waals surface area contributed by atoms with Crippen molar-refractivity contribution in [3.8, 4) is 11.3 Å². The Kier molecular flexibility index (Phi) is 10.6. The number of amides is 3. The van der Waals surface area contributed by atoms with Gasteiger partial charge < -0.3 is 25.5 Å². The number of urea groups is 1. The van der Waals surface area contributed by atoms with Gasteiger partial charge in [0.15, 0.2) is 5.82 Å². The van der Waals surface area contributed by atoms with E-state index >= 15 is 8.78 Å². The maximum Gasteiger partial charge on any atom is 0.490 e. The van der Waals surface area contributed by atoms with Crippen LogP contribution in [0.15, 0.2) is 36.4 Å². The number of hydrogen-bond acceptors (Lipinski definition) is 7. The number of benzene rings is 2. The van der Waals surface area contributed by atoms with Crippen LogP contribution >= 0.6 is 0 Å². The van der Waals surface area contributed by atoms with E-state index in [4.69, 9.17) is 19.9 Å². The first kappa shape index (κ1) is 35.0. The molecule has 0 atom stereocenters. The van der Waals surface area contributed by atoms with Gasteiger partial charge in [0, 0.05) is 42.4 Å². The van der Waals surface area contributed by atoms with Crippen molar-refractivity contribution in [2.45, 2.75) is 46.0 Å². The van der Waals surface area contributed by atoms with Crippen molar-refractivity contribution in [1.29, 1.82) is 0 Å². The van der Waals surface area contributed by atoms with Gasteiger partial charge in [-0.15, -0.1) is 0 Å². The zero-order valence-electron chi connectivity index (χ0n) is 26.1. The molecule has 3 N–H and O–H groups in total. The minimum Gasteiger partial charge on any atom is -0.475 e. The molecule has 47 heavy (non-hydrogen) atoms. The maximum absolute atomic E-state index is 15.0. The molecule has 1 aromatic heterocycles. The third kappa shape index (κ3) is 8.11. The van der Waals surface area contributed by atoms with Crippen LogP contribution in [0.2, 0.25) is 0 Å². The van der Waals surface area contributed by atoms with E-state index in [1.807, 2.05) is 38.8 Å². The second kappa shape index (κ2) is 14.3. The van der Waals surface area contributed by atoms with Gasteiger partial charge in [-0.3, -0.25) is 4.79 Å². The van der Waals surface area contributed by atoms with Crippen LogP contribution < -0.4 is 20.4 Å². The number of carbonyl (C=O) groups is 3. The zero-order valence-corrected chi connectivity index (χ0v) is 26.1. The minimum atomic E-state index is -5.08. The van der Waals surface area contributed by atoms with E-state index in [0.717, 1.165) is 42.1 Å². The van der Waals surface area contributed by atoms with Crippen molar-refractivity contribution < 1.29 is 41.4 Å². The number of rotatable bonds is 5. The molecule has 2 aromatic carbocycles. The molecule has 0 aliphatic carbocycles. The molecule has 1 saturated heterocycles. The first-order valence-electron chi connectivity index (χ1n) is 14.7. The first-order valence-corrected chi connectivity index (χ1v) is 14.7. The smallest absolute Gasteiger partial charge is 0.475 e. The Hall–Kier alpha value is -4.86. The highest BCUT2D eigenvalue weighted by molar-refractivity contribution is 6.02. The van der Waals surface area contributed by atoms with Gasteiger partial charge in [-0.1, -0.05) is 12.1 Å². The molecule has 0 radical (unpaired) electrons. The fraction of sp³-hybridized carbons (Fsp3) is 0.387. The van der Waals surface area contributed by atoms with Crippen molar-refractivity contribution in [3.63, 3.8) is 0 Å². The second-order valence-corrected chi connectivity index (χ2v) is 11.3. The summed E-state index contributed by atoms with van der Waals surface area (Å²) in [6, 6.07) is 8.08. The van der Waals surface area contributed by atoms with Gasteiger partial charge in [-0.05, 0) is 70.6 Å². The molecule has 252 valence electrons. The number of fused-ring (bicyclic) bond motifs is 1. The number of alkyl halides is 3. The number of likely N-dealkylation sites (N-methyl/N-ethyl adjacent to an activating group) is 1. The topological polar surface area (TPSA) is 131 Å². The molecular weight excluding hydrogens is 629 g/mol. The van der Waals surface area contributed by atoms with E-state index in [9.17, 15) is 22.8 Å². The number of hydrogen-bond donors (Lipinski definition) is 3. The summed E-state index contributed by atoms with van der Waals surface area (Å²) in [5, 5.41) is 12.8. The van der Waals surface area contributed by atoms with Crippen LogP contribution in [-0.4, -0.2) is 83.3 Å². The number of aromatic nitrogens is 2. The summed E-state index contributed by atoms with van der Waals surface area (Å²) in [5.41, 5.74) is 2.47. The fourth-order valence-electron chi connectivity index (χ4n) is 5.03. The second-order valence-electron chi connectivity index (χ2n) is 11.3. The Morgan fingerprint density at radius 2 is 1.68 bits per heavy atom. The highest BCUT2D eigenvalue weighted by Crippen LogP contribution is 2.40. The van der Waals surface area contributed by atoms with Crippen LogP contribution in [0.3, 0.4) is 0 Å². The molecule has 16 heteroatoms. The maximum atomic E-state index is 15.0. The number of aliphatic carboxylic acids is 1. The highest BCUT2D eigenvalue weighted by Gasteiger charge is 2.38. The Morgan fingerprint density at radius 3 is 2.30 bits per heavy atom. The lowest BCUT2D eigenvalue weighted by Crippen LogP contribution is -2.43. The fourth-order valence-corrected chi connectivity index (χ4v) is 5.03. The van der Waals surface area contributed by atoms with E-state index in [0.29, 0.717) is 41.4 Å². The van der Waals surface area contributed by atoms with E-state index in [-0.39, 0.29) is 24.3 Å². The predicted octanol–water partition coefficient (Wildman–Crippen LogP) is 5.00. The quantitative estimate of drug-likeness (QED) is 0.325. The summed E-state index contributed by atoms with van der Waals surface area (Å²) in [6.45, 7) is 8.76. The number of para-hydroxylation sites is 1. The molecular formula is C31H34F5N7O4. The van der Waals surface area contributed by atoms with Gasteiger partial charge in [-0.25, -0.2) is 28.3 Å². The number of carbonyl (C=O) groups excluding carboxylic acids is 2. The number of anilines is 3.